The van der Waals surface area contributed by atoms with Crippen molar-refractivity contribution >= 4 is 40.3 Å². The quantitative estimate of drug-likeness (QED) is 0.703. The minimum Gasteiger partial charge on any atom is -0.497 e. The van der Waals surface area contributed by atoms with Crippen molar-refractivity contribution in [1.82, 2.24) is 5.32 Å². The van der Waals surface area contributed by atoms with Gasteiger partial charge in [-0.15, -0.1) is 0 Å². The fraction of sp³-hybridized carbons (Fsp3) is 0.350. The van der Waals surface area contributed by atoms with E-state index >= 15 is 0 Å². The standard InChI is InChI=1S/C20H24ClN3O2S/c1-25-17-6-4-16(5-7-17)24-10-9-14(13-24)12-22-20(27)23-15-3-8-19(26-2)18(21)11-15/h3-8,11,14H,9-10,12-13H2,1-2H3,(H2,22,23,27). The summed E-state index contributed by atoms with van der Waals surface area (Å²) in [5, 5.41) is 7.63. The van der Waals surface area contributed by atoms with Gasteiger partial charge in [0.25, 0.3) is 0 Å². The van der Waals surface area contributed by atoms with Crippen LogP contribution in [0.15, 0.2) is 42.5 Å². The van der Waals surface area contributed by atoms with E-state index in [1.807, 2.05) is 24.3 Å². The first-order valence-corrected chi connectivity index (χ1v) is 9.65. The zero-order valence-corrected chi connectivity index (χ0v) is 17.1. The Bertz CT molecular complexity index is 785. The molecular weight excluding hydrogens is 382 g/mol. The lowest BCUT2D eigenvalue weighted by atomic mass is 10.1. The molecule has 0 aromatic heterocycles. The van der Waals surface area contributed by atoms with Crippen molar-refractivity contribution < 1.29 is 9.47 Å². The summed E-state index contributed by atoms with van der Waals surface area (Å²) < 4.78 is 10.4. The van der Waals surface area contributed by atoms with Crippen LogP contribution in [0.3, 0.4) is 0 Å². The molecule has 1 heterocycles. The summed E-state index contributed by atoms with van der Waals surface area (Å²) in [5.41, 5.74) is 2.07. The topological polar surface area (TPSA) is 45.8 Å². The summed E-state index contributed by atoms with van der Waals surface area (Å²) in [4.78, 5) is 2.39. The van der Waals surface area contributed by atoms with Crippen LogP contribution in [0.5, 0.6) is 11.5 Å². The predicted molar refractivity (Wildman–Crippen MR) is 116 cm³/mol. The van der Waals surface area contributed by atoms with Crippen LogP contribution in [0.1, 0.15) is 6.42 Å². The molecule has 0 aliphatic carbocycles. The lowest BCUT2D eigenvalue weighted by molar-refractivity contribution is 0.415. The molecule has 2 aromatic carbocycles. The molecular formula is C20H24ClN3O2S. The number of benzene rings is 2. The second kappa shape index (κ2) is 9.15. The molecule has 1 fully saturated rings. The molecule has 1 unspecified atom stereocenters. The maximum atomic E-state index is 6.14. The Morgan fingerprint density at radius 2 is 1.96 bits per heavy atom. The molecule has 1 saturated heterocycles. The van der Waals surface area contributed by atoms with Crippen molar-refractivity contribution in [1.29, 1.82) is 0 Å². The van der Waals surface area contributed by atoms with Crippen molar-refractivity contribution in [3.05, 3.63) is 47.5 Å². The molecule has 2 aromatic rings. The van der Waals surface area contributed by atoms with Crippen LogP contribution in [0.4, 0.5) is 11.4 Å². The maximum Gasteiger partial charge on any atom is 0.170 e. The Balaban J connectivity index is 1.46. The molecule has 2 N–H and O–H groups in total. The number of hydrogen-bond donors (Lipinski definition) is 2. The van der Waals surface area contributed by atoms with E-state index in [0.717, 1.165) is 37.5 Å². The second-order valence-corrected chi connectivity index (χ2v) is 7.30. The van der Waals surface area contributed by atoms with E-state index in [2.05, 4.69) is 27.7 Å². The van der Waals surface area contributed by atoms with Crippen LogP contribution in [-0.2, 0) is 0 Å². The van der Waals surface area contributed by atoms with E-state index < -0.39 is 0 Å². The highest BCUT2D eigenvalue weighted by atomic mass is 35.5. The van der Waals surface area contributed by atoms with Gasteiger partial charge in [0.2, 0.25) is 0 Å². The molecule has 3 rings (SSSR count). The first-order chi connectivity index (χ1) is 13.1. The Kier molecular flexibility index (Phi) is 6.63. The predicted octanol–water partition coefficient (Wildman–Crippen LogP) is 4.17. The first kappa shape index (κ1) is 19.6. The number of anilines is 2. The van der Waals surface area contributed by atoms with E-state index in [1.54, 1.807) is 20.3 Å². The zero-order valence-electron chi connectivity index (χ0n) is 15.5. The Morgan fingerprint density at radius 3 is 2.63 bits per heavy atom. The number of ether oxygens (including phenoxy) is 2. The lowest BCUT2D eigenvalue weighted by Gasteiger charge is -2.19. The fourth-order valence-corrected chi connectivity index (χ4v) is 3.64. The zero-order chi connectivity index (χ0) is 19.2. The van der Waals surface area contributed by atoms with E-state index in [0.29, 0.717) is 21.8 Å². The third-order valence-corrected chi connectivity index (χ3v) is 5.23. The van der Waals surface area contributed by atoms with Gasteiger partial charge >= 0.3 is 0 Å². The maximum absolute atomic E-state index is 6.14. The van der Waals surface area contributed by atoms with Gasteiger partial charge in [-0.25, -0.2) is 0 Å². The minimum absolute atomic E-state index is 0.548. The fourth-order valence-electron chi connectivity index (χ4n) is 3.18. The molecule has 27 heavy (non-hydrogen) atoms. The average molecular weight is 406 g/mol. The highest BCUT2D eigenvalue weighted by molar-refractivity contribution is 7.80. The van der Waals surface area contributed by atoms with Crippen LogP contribution in [0.2, 0.25) is 5.02 Å². The van der Waals surface area contributed by atoms with Gasteiger partial charge in [0.1, 0.15) is 11.5 Å². The van der Waals surface area contributed by atoms with Gasteiger partial charge in [0, 0.05) is 31.0 Å². The molecule has 1 atom stereocenters. The average Bonchev–Trinajstić information content (AvgIpc) is 3.16. The smallest absolute Gasteiger partial charge is 0.170 e. The summed E-state index contributed by atoms with van der Waals surface area (Å²) in [6.45, 7) is 2.89. The van der Waals surface area contributed by atoms with E-state index in [-0.39, 0.29) is 0 Å². The molecule has 0 radical (unpaired) electrons. The van der Waals surface area contributed by atoms with Gasteiger partial charge in [-0.1, -0.05) is 11.6 Å². The number of nitrogens with one attached hydrogen (secondary N) is 2. The summed E-state index contributed by atoms with van der Waals surface area (Å²) in [6.07, 6.45) is 1.13. The third kappa shape index (κ3) is 5.17. The van der Waals surface area contributed by atoms with Gasteiger partial charge in [-0.2, -0.15) is 0 Å². The number of thiocarbonyl (C=S) groups is 1. The molecule has 1 aliphatic heterocycles. The van der Waals surface area contributed by atoms with E-state index in [4.69, 9.17) is 33.3 Å². The van der Waals surface area contributed by atoms with Crippen molar-refractivity contribution in [2.45, 2.75) is 6.42 Å². The van der Waals surface area contributed by atoms with Crippen molar-refractivity contribution in [2.75, 3.05) is 44.1 Å². The van der Waals surface area contributed by atoms with Crippen molar-refractivity contribution in [3.8, 4) is 11.5 Å². The van der Waals surface area contributed by atoms with Crippen molar-refractivity contribution in [3.63, 3.8) is 0 Å². The van der Waals surface area contributed by atoms with Gasteiger partial charge in [0.05, 0.1) is 19.2 Å². The summed E-state index contributed by atoms with van der Waals surface area (Å²) in [6, 6.07) is 13.7. The van der Waals surface area contributed by atoms with Crippen molar-refractivity contribution in [2.24, 2.45) is 5.92 Å². The Hall–Kier alpha value is -2.18. The van der Waals surface area contributed by atoms with Gasteiger partial charge in [0.15, 0.2) is 5.11 Å². The molecule has 5 nitrogen and oxygen atoms in total. The highest BCUT2D eigenvalue weighted by Gasteiger charge is 2.22. The summed E-state index contributed by atoms with van der Waals surface area (Å²) in [7, 11) is 3.28. The number of halogens is 1. The normalized spacial score (nSPS) is 16.1. The molecule has 0 bridgehead atoms. The number of nitrogens with zero attached hydrogens (tertiary/aromatic N) is 1. The van der Waals surface area contributed by atoms with Gasteiger partial charge in [-0.05, 0) is 67.0 Å². The first-order valence-electron chi connectivity index (χ1n) is 8.86. The summed E-state index contributed by atoms with van der Waals surface area (Å²) in [5.74, 6) is 2.07. The molecule has 0 amide bonds. The van der Waals surface area contributed by atoms with E-state index in [1.165, 1.54) is 5.69 Å². The molecule has 0 saturated carbocycles. The lowest BCUT2D eigenvalue weighted by Crippen LogP contribution is -2.34. The Labute approximate surface area is 170 Å². The SMILES string of the molecule is COc1ccc(N2CCC(CNC(=S)Nc3ccc(OC)c(Cl)c3)C2)cc1. The number of methoxy groups -OCH3 is 2. The monoisotopic (exact) mass is 405 g/mol. The number of hydrogen-bond acceptors (Lipinski definition) is 4. The molecule has 7 heteroatoms. The largest absolute Gasteiger partial charge is 0.497 e. The van der Waals surface area contributed by atoms with Crippen LogP contribution >= 0.6 is 23.8 Å². The van der Waals surface area contributed by atoms with Crippen LogP contribution in [-0.4, -0.2) is 39.0 Å². The Morgan fingerprint density at radius 1 is 1.19 bits per heavy atom. The molecule has 0 spiro atoms. The summed E-state index contributed by atoms with van der Waals surface area (Å²) >= 11 is 11.5. The molecule has 144 valence electrons. The van der Waals surface area contributed by atoms with Crippen LogP contribution < -0.4 is 25.0 Å². The van der Waals surface area contributed by atoms with Gasteiger partial charge < -0.3 is 25.0 Å². The minimum atomic E-state index is 0.548. The van der Waals surface area contributed by atoms with Crippen LogP contribution in [0, 0.1) is 5.92 Å². The highest BCUT2D eigenvalue weighted by Crippen LogP contribution is 2.27. The van der Waals surface area contributed by atoms with Crippen LogP contribution in [0.25, 0.3) is 0 Å². The number of rotatable bonds is 6. The molecule has 1 aliphatic rings. The second-order valence-electron chi connectivity index (χ2n) is 6.48. The third-order valence-electron chi connectivity index (χ3n) is 4.68. The van der Waals surface area contributed by atoms with Gasteiger partial charge in [-0.3, -0.25) is 0 Å². The van der Waals surface area contributed by atoms with E-state index in [9.17, 15) is 0 Å².